The monoisotopic (exact) mass is 1230 g/mol. The van der Waals surface area contributed by atoms with Crippen LogP contribution in [0.3, 0.4) is 0 Å². The van der Waals surface area contributed by atoms with Crippen LogP contribution in [-0.4, -0.2) is 144 Å². The number of carbonyl (C=O) groups is 4. The van der Waals surface area contributed by atoms with Gasteiger partial charge in [0.2, 0.25) is 23.6 Å². The average molecular weight is 1240 g/mol. The average Bonchev–Trinajstić information content (AvgIpc) is 2.05. The van der Waals surface area contributed by atoms with E-state index in [1.165, 1.54) is 13.3 Å². The highest BCUT2D eigenvalue weighted by molar-refractivity contribution is 6.00. The van der Waals surface area contributed by atoms with Gasteiger partial charge < -0.3 is 38.7 Å². The Balaban J connectivity index is 0.656. The second-order valence-corrected chi connectivity index (χ2v) is 23.7. The molecular formula is C65H64F2N16O8. The summed E-state index contributed by atoms with van der Waals surface area (Å²) in [5, 5.41) is 27.8. The lowest BCUT2D eigenvalue weighted by molar-refractivity contribution is -0.118. The summed E-state index contributed by atoms with van der Waals surface area (Å²) in [5.74, 6) is -0.593. The van der Waals surface area contributed by atoms with Gasteiger partial charge in [-0.2, -0.15) is 4.80 Å². The van der Waals surface area contributed by atoms with Gasteiger partial charge in [0, 0.05) is 68.5 Å². The molecule has 2 saturated heterocycles. The topological polar surface area (TPSA) is 270 Å². The third-order valence-electron chi connectivity index (χ3n) is 17.7. The zero-order valence-corrected chi connectivity index (χ0v) is 50.0. The second-order valence-electron chi connectivity index (χ2n) is 23.7. The number of amidine groups is 1. The van der Waals surface area contributed by atoms with Crippen LogP contribution in [0.5, 0.6) is 5.75 Å². The number of hydrogen-bond donors (Lipinski definition) is 3. The Kier molecular flexibility index (Phi) is 15.9. The highest BCUT2D eigenvalue weighted by Gasteiger charge is 2.45. The molecule has 0 radical (unpaired) electrons. The molecule has 91 heavy (non-hydrogen) atoms. The first-order valence-corrected chi connectivity index (χ1v) is 30.4. The van der Waals surface area contributed by atoms with Crippen LogP contribution in [0.4, 0.5) is 25.8 Å². The Morgan fingerprint density at radius 2 is 1.33 bits per heavy atom. The number of hydrazine groups is 2. The van der Waals surface area contributed by atoms with E-state index in [-0.39, 0.29) is 89.9 Å². The number of oxazole rings is 2. The molecule has 3 aliphatic heterocycles. The number of carbonyl (C=O) groups excluding carboxylic acids is 4. The van der Waals surface area contributed by atoms with Crippen molar-refractivity contribution in [1.29, 1.82) is 0 Å². The smallest absolute Gasteiger partial charge is 0.276 e. The molecule has 1 unspecified atom stereocenters. The van der Waals surface area contributed by atoms with Crippen LogP contribution >= 0.6 is 0 Å². The Morgan fingerprint density at radius 3 is 1.97 bits per heavy atom. The van der Waals surface area contributed by atoms with Gasteiger partial charge in [0.25, 0.3) is 11.8 Å². The molecule has 4 aromatic carbocycles. The molecule has 0 bridgehead atoms. The minimum Gasteiger partial charge on any atom is -0.493 e. The molecule has 2 saturated carbocycles. The van der Waals surface area contributed by atoms with Crippen molar-refractivity contribution >= 4 is 68.7 Å². The van der Waals surface area contributed by atoms with Crippen LogP contribution in [0.1, 0.15) is 88.4 Å². The lowest BCUT2D eigenvalue weighted by atomic mass is 9.79. The summed E-state index contributed by atoms with van der Waals surface area (Å²) in [6.07, 6.45) is 3.94. The first-order chi connectivity index (χ1) is 44.3. The molecule has 3 N–H and O–H groups in total. The van der Waals surface area contributed by atoms with Crippen molar-refractivity contribution in [3.05, 3.63) is 150 Å². The molecule has 466 valence electrons. The van der Waals surface area contributed by atoms with Gasteiger partial charge >= 0.3 is 0 Å². The summed E-state index contributed by atoms with van der Waals surface area (Å²) in [6, 6.07) is 33.4. The summed E-state index contributed by atoms with van der Waals surface area (Å²) >= 11 is 0. The molecule has 4 fully saturated rings. The van der Waals surface area contributed by atoms with Crippen molar-refractivity contribution in [2.24, 2.45) is 28.8 Å². The Hall–Kier alpha value is -10.1. The highest BCUT2D eigenvalue weighted by Crippen LogP contribution is 2.42. The van der Waals surface area contributed by atoms with Crippen molar-refractivity contribution in [1.82, 2.24) is 60.6 Å². The van der Waals surface area contributed by atoms with Gasteiger partial charge in [-0.1, -0.05) is 42.5 Å². The lowest BCUT2D eigenvalue weighted by Gasteiger charge is -2.39. The molecule has 0 spiro atoms. The van der Waals surface area contributed by atoms with Gasteiger partial charge in [-0.25, -0.2) is 33.9 Å². The van der Waals surface area contributed by atoms with E-state index < -0.39 is 24.2 Å². The second kappa shape index (κ2) is 24.7. The summed E-state index contributed by atoms with van der Waals surface area (Å²) < 4.78 is 51.0. The van der Waals surface area contributed by atoms with Gasteiger partial charge in [-0.15, -0.1) is 20.8 Å². The number of piperidine rings is 2. The van der Waals surface area contributed by atoms with Gasteiger partial charge in [-0.05, 0) is 140 Å². The number of anilines is 3. The van der Waals surface area contributed by atoms with E-state index >= 15 is 0 Å². The molecule has 2 aliphatic carbocycles. The fraction of sp³-hybridized carbons (Fsp3) is 0.354. The zero-order chi connectivity index (χ0) is 62.4. The van der Waals surface area contributed by atoms with Crippen molar-refractivity contribution < 1.29 is 46.3 Å². The molecule has 26 heteroatoms. The number of methoxy groups -OCH3 is 2. The minimum absolute atomic E-state index is 0.0575. The number of benzene rings is 4. The first-order valence-electron chi connectivity index (χ1n) is 30.4. The van der Waals surface area contributed by atoms with E-state index in [1.54, 1.807) is 84.5 Å². The van der Waals surface area contributed by atoms with Crippen LogP contribution in [0.25, 0.3) is 45.1 Å². The van der Waals surface area contributed by atoms with E-state index in [9.17, 15) is 28.0 Å². The number of nitrogens with zero attached hydrogens (tertiary/aromatic N) is 13. The van der Waals surface area contributed by atoms with E-state index in [4.69, 9.17) is 23.4 Å². The quantitative estimate of drug-likeness (QED) is 0.0681. The maximum Gasteiger partial charge on any atom is 0.276 e. The number of hydrazone groups is 1. The number of nitrogens with one attached hydrogen (secondary N) is 3. The van der Waals surface area contributed by atoms with Crippen molar-refractivity contribution in [2.75, 3.05) is 62.6 Å². The molecule has 5 aromatic heterocycles. The molecule has 8 heterocycles. The number of likely N-dealkylation sites (tertiary alicyclic amines) is 2. The molecule has 5 aliphatic rings. The number of rotatable bonds is 19. The third kappa shape index (κ3) is 12.1. The first kappa shape index (κ1) is 58.6. The van der Waals surface area contributed by atoms with Crippen molar-refractivity contribution in [3.63, 3.8) is 0 Å². The van der Waals surface area contributed by atoms with Gasteiger partial charge in [0.1, 0.15) is 35.7 Å². The molecule has 6 atom stereocenters. The normalized spacial score (nSPS) is 20.0. The number of ether oxygens (including phenoxy) is 2. The van der Waals surface area contributed by atoms with Crippen LogP contribution in [0.2, 0.25) is 0 Å². The number of alkyl halides is 2. The Bertz CT molecular complexity index is 4260. The summed E-state index contributed by atoms with van der Waals surface area (Å²) in [4.78, 5) is 77.2. The number of aromatic nitrogens is 8. The standard InChI is InChI=1S/C65H64F2N16O8/c1-36-74-77-81(75-36)34-48(37-18-24-80(25-19-37)65(87)57-59(89-3)45(17-23-69-57)63-73-52-31-43(13-15-55(52)91-63)71-61(85)47-33-50(47)67)40-10-7-11-44(28-40)82-56(35-88-2)76-83(78-82)58(38-8-5-4-6-9-38)39-20-26-79(27-21-39)64(86)53-29-41(16-22-68-53)62-72-51-30-42(12-14-54(51)90-62)70-60(84)46-32-49(46)66/h4-17,22-23,28-31,37,39,46-50,58,78H,18-21,24-27,32-35H2,1-3H3,(H,70,84)(H,71,85)/t46-,47-,48?,49+,50+,58-/m1/s1. The van der Waals surface area contributed by atoms with Gasteiger partial charge in [0.05, 0.1) is 42.8 Å². The maximum atomic E-state index is 14.5. The molecule has 24 nitrogen and oxygen atoms in total. The highest BCUT2D eigenvalue weighted by atomic mass is 19.1. The predicted octanol–water partition coefficient (Wildman–Crippen LogP) is 9.12. The largest absolute Gasteiger partial charge is 0.493 e. The fourth-order valence-electron chi connectivity index (χ4n) is 12.6. The summed E-state index contributed by atoms with van der Waals surface area (Å²) in [6.45, 7) is 4.25. The minimum atomic E-state index is -1.12. The molecule has 4 amide bonds. The number of hydrogen-bond acceptors (Lipinski definition) is 19. The molecule has 9 aromatic rings. The van der Waals surface area contributed by atoms with Crippen LogP contribution < -0.4 is 25.9 Å². The van der Waals surface area contributed by atoms with Crippen LogP contribution in [-0.2, 0) is 20.9 Å². The third-order valence-corrected chi connectivity index (χ3v) is 17.7. The lowest BCUT2D eigenvalue weighted by Crippen LogP contribution is -2.48. The summed E-state index contributed by atoms with van der Waals surface area (Å²) in [7, 11) is 3.11. The summed E-state index contributed by atoms with van der Waals surface area (Å²) in [5.41, 5.74) is 10.8. The molecular weight excluding hydrogens is 1170 g/mol. The van der Waals surface area contributed by atoms with Crippen molar-refractivity contribution in [3.8, 4) is 28.7 Å². The zero-order valence-electron chi connectivity index (χ0n) is 50.0. The maximum absolute atomic E-state index is 14.5. The van der Waals surface area contributed by atoms with E-state index in [0.29, 0.717) is 121 Å². The van der Waals surface area contributed by atoms with Gasteiger partial charge in [0.15, 0.2) is 34.3 Å². The van der Waals surface area contributed by atoms with E-state index in [0.717, 1.165) is 16.8 Å². The fourth-order valence-corrected chi connectivity index (χ4v) is 12.6. The predicted molar refractivity (Wildman–Crippen MR) is 329 cm³/mol. The number of fused-ring (bicyclic) bond motifs is 2. The number of halogens is 2. The van der Waals surface area contributed by atoms with Crippen LogP contribution in [0.15, 0.2) is 136 Å². The van der Waals surface area contributed by atoms with E-state index in [1.807, 2.05) is 45.4 Å². The van der Waals surface area contributed by atoms with Crippen LogP contribution in [0, 0.1) is 30.6 Å². The number of tetrazole rings is 1. The SMILES string of the molecule is COCC1=NN([C@H](c2ccccc2)C2CCN(C(=O)c3cc(-c4nc5cc(NC(=O)[C@@H]6C[C@@H]6F)ccc5o4)ccn3)CC2)NN1c1cccc(C(Cn2nnc(C)n2)C2CCN(C(=O)c3nccc(-c4nc5cc(NC(=O)[C@@H]6C[C@@H]6F)ccc5o4)c3OC)CC2)c1. The Morgan fingerprint density at radius 1 is 0.703 bits per heavy atom. The Labute approximate surface area is 519 Å². The van der Waals surface area contributed by atoms with Crippen molar-refractivity contribution in [2.45, 2.75) is 76.3 Å². The van der Waals surface area contributed by atoms with Gasteiger partial charge in [-0.3, -0.25) is 24.2 Å². The molecule has 14 rings (SSSR count). The number of amides is 4. The van der Waals surface area contributed by atoms with E-state index in [2.05, 4.69) is 75.8 Å². The number of aryl methyl sites for hydroxylation is 1. The number of pyridine rings is 2.